The van der Waals surface area contributed by atoms with Crippen molar-refractivity contribution in [1.29, 1.82) is 0 Å². The highest BCUT2D eigenvalue weighted by atomic mass is 16.5. The number of fused-ring (bicyclic) bond motifs is 1. The van der Waals surface area contributed by atoms with Crippen LogP contribution in [0.4, 0.5) is 0 Å². The highest BCUT2D eigenvalue weighted by molar-refractivity contribution is 6.21. The van der Waals surface area contributed by atoms with Crippen LogP contribution in [0.25, 0.3) is 0 Å². The number of ketones is 1. The molecule has 1 aromatic heterocycles. The zero-order valence-corrected chi connectivity index (χ0v) is 15.3. The number of imide groups is 1. The van der Waals surface area contributed by atoms with Crippen molar-refractivity contribution in [1.82, 2.24) is 9.88 Å². The molecule has 7 heteroatoms. The summed E-state index contributed by atoms with van der Waals surface area (Å²) in [5, 5.41) is 0. The van der Waals surface area contributed by atoms with Gasteiger partial charge < -0.3 is 9.72 Å². The van der Waals surface area contributed by atoms with Crippen molar-refractivity contribution < 1.29 is 23.9 Å². The molecule has 0 radical (unpaired) electrons. The average Bonchev–Trinajstić information content (AvgIpc) is 3.36. The Morgan fingerprint density at radius 2 is 1.66 bits per heavy atom. The minimum Gasteiger partial charge on any atom is -0.454 e. The van der Waals surface area contributed by atoms with Crippen LogP contribution in [0.2, 0.25) is 0 Å². The number of hydrogen-bond acceptors (Lipinski definition) is 5. The van der Waals surface area contributed by atoms with Gasteiger partial charge in [-0.2, -0.15) is 0 Å². The molecule has 4 rings (SSSR count). The van der Waals surface area contributed by atoms with Gasteiger partial charge in [0.15, 0.2) is 6.61 Å². The van der Waals surface area contributed by atoms with E-state index < -0.39 is 24.4 Å². The molecule has 0 unspecified atom stereocenters. The zero-order chi connectivity index (χ0) is 20.4. The number of carbonyl (C=O) groups is 4. The summed E-state index contributed by atoms with van der Waals surface area (Å²) in [6.45, 7) is -0.277. The topological polar surface area (TPSA) is 96.5 Å². The third-order valence-corrected chi connectivity index (χ3v) is 4.62. The Morgan fingerprint density at radius 3 is 2.38 bits per heavy atom. The number of ether oxygens (including phenoxy) is 1. The molecule has 1 N–H and O–H groups in total. The van der Waals surface area contributed by atoms with Crippen molar-refractivity contribution in [3.05, 3.63) is 94.8 Å². The molecule has 2 heterocycles. The van der Waals surface area contributed by atoms with Crippen molar-refractivity contribution in [3.63, 3.8) is 0 Å². The van der Waals surface area contributed by atoms with Crippen molar-refractivity contribution in [2.45, 2.75) is 6.54 Å². The van der Waals surface area contributed by atoms with E-state index in [0.29, 0.717) is 5.69 Å². The lowest BCUT2D eigenvalue weighted by Crippen LogP contribution is -2.29. The Balaban J connectivity index is 1.48. The van der Waals surface area contributed by atoms with Crippen LogP contribution in [0.1, 0.15) is 47.1 Å². The van der Waals surface area contributed by atoms with Crippen LogP contribution >= 0.6 is 0 Å². The van der Waals surface area contributed by atoms with E-state index in [1.165, 1.54) is 18.2 Å². The van der Waals surface area contributed by atoms with Gasteiger partial charge in [0, 0.05) is 6.20 Å². The molecule has 0 atom stereocenters. The summed E-state index contributed by atoms with van der Waals surface area (Å²) in [5.41, 5.74) is 1.65. The Kier molecular flexibility index (Phi) is 4.78. The quantitative estimate of drug-likeness (QED) is 0.398. The molecule has 2 aromatic carbocycles. The van der Waals surface area contributed by atoms with E-state index in [4.69, 9.17) is 4.74 Å². The predicted molar refractivity (Wildman–Crippen MR) is 102 cm³/mol. The van der Waals surface area contributed by atoms with Crippen molar-refractivity contribution in [3.8, 4) is 0 Å². The number of nitrogens with one attached hydrogen (secondary N) is 1. The molecule has 1 aliphatic rings. The van der Waals surface area contributed by atoms with Gasteiger partial charge in [-0.25, -0.2) is 4.79 Å². The van der Waals surface area contributed by atoms with E-state index in [0.717, 1.165) is 10.5 Å². The SMILES string of the molecule is O=C(OCC(=O)c1ccc[nH]1)c1ccc2c(c1)C(=O)N(Cc1ccccc1)C2=O. The molecule has 7 nitrogen and oxygen atoms in total. The van der Waals surface area contributed by atoms with Gasteiger partial charge in [-0.05, 0) is 35.9 Å². The van der Waals surface area contributed by atoms with Crippen LogP contribution in [0.15, 0.2) is 66.9 Å². The van der Waals surface area contributed by atoms with Crippen molar-refractivity contribution >= 4 is 23.6 Å². The van der Waals surface area contributed by atoms with Gasteiger partial charge in [0.1, 0.15) is 0 Å². The van der Waals surface area contributed by atoms with Crippen LogP contribution < -0.4 is 0 Å². The summed E-state index contributed by atoms with van der Waals surface area (Å²) in [4.78, 5) is 53.4. The summed E-state index contributed by atoms with van der Waals surface area (Å²) in [6.07, 6.45) is 1.60. The summed E-state index contributed by atoms with van der Waals surface area (Å²) < 4.78 is 5.04. The summed E-state index contributed by atoms with van der Waals surface area (Å²) >= 11 is 0. The number of aromatic nitrogens is 1. The number of Topliss-reactive ketones (excluding diaryl/α,β-unsaturated/α-hetero) is 1. The second kappa shape index (κ2) is 7.55. The van der Waals surface area contributed by atoms with E-state index in [1.54, 1.807) is 18.3 Å². The Bertz CT molecular complexity index is 1100. The normalized spacial score (nSPS) is 12.8. The molecule has 0 saturated heterocycles. The highest BCUT2D eigenvalue weighted by Crippen LogP contribution is 2.26. The van der Waals surface area contributed by atoms with Crippen LogP contribution in [-0.2, 0) is 11.3 Å². The average molecular weight is 388 g/mol. The number of amides is 2. The third kappa shape index (κ3) is 3.58. The lowest BCUT2D eigenvalue weighted by molar-refractivity contribution is 0.0473. The Morgan fingerprint density at radius 1 is 0.897 bits per heavy atom. The van der Waals surface area contributed by atoms with Gasteiger partial charge in [0.05, 0.1) is 28.9 Å². The maximum atomic E-state index is 12.7. The fraction of sp³-hybridized carbons (Fsp3) is 0.0909. The molecule has 3 aromatic rings. The number of H-pyrrole nitrogens is 1. The van der Waals surface area contributed by atoms with E-state index in [-0.39, 0.29) is 29.0 Å². The minimum absolute atomic E-state index is 0.103. The van der Waals surface area contributed by atoms with Crippen LogP contribution in [0.5, 0.6) is 0 Å². The molecule has 0 bridgehead atoms. The van der Waals surface area contributed by atoms with E-state index in [1.807, 2.05) is 30.3 Å². The monoisotopic (exact) mass is 388 g/mol. The number of benzene rings is 2. The Hall–Kier alpha value is -4.00. The maximum absolute atomic E-state index is 12.7. The smallest absolute Gasteiger partial charge is 0.338 e. The molecule has 0 fully saturated rings. The van der Waals surface area contributed by atoms with Gasteiger partial charge in [-0.1, -0.05) is 30.3 Å². The molecule has 2 amide bonds. The van der Waals surface area contributed by atoms with Crippen LogP contribution in [0, 0.1) is 0 Å². The number of esters is 1. The van der Waals surface area contributed by atoms with E-state index in [2.05, 4.69) is 4.98 Å². The van der Waals surface area contributed by atoms with E-state index >= 15 is 0 Å². The fourth-order valence-corrected chi connectivity index (χ4v) is 3.12. The number of carbonyl (C=O) groups excluding carboxylic acids is 4. The largest absolute Gasteiger partial charge is 0.454 e. The van der Waals surface area contributed by atoms with E-state index in [9.17, 15) is 19.2 Å². The molecule has 29 heavy (non-hydrogen) atoms. The lowest BCUT2D eigenvalue weighted by atomic mass is 10.1. The standard InChI is InChI=1S/C22H16N2O5/c25-19(18-7-4-10-23-18)13-29-22(28)15-8-9-16-17(11-15)21(27)24(20(16)26)12-14-5-2-1-3-6-14/h1-11,23H,12-13H2. The molecule has 0 aliphatic carbocycles. The predicted octanol–water partition coefficient (Wildman–Crippen LogP) is 2.85. The molecular formula is C22H16N2O5. The third-order valence-electron chi connectivity index (χ3n) is 4.62. The lowest BCUT2D eigenvalue weighted by Gasteiger charge is -2.13. The van der Waals surface area contributed by atoms with Gasteiger partial charge in [-0.3, -0.25) is 19.3 Å². The second-order valence-electron chi connectivity index (χ2n) is 6.53. The number of hydrogen-bond donors (Lipinski definition) is 1. The first-order chi connectivity index (χ1) is 14.0. The van der Waals surface area contributed by atoms with Crippen molar-refractivity contribution in [2.24, 2.45) is 0 Å². The van der Waals surface area contributed by atoms with Gasteiger partial charge in [0.25, 0.3) is 11.8 Å². The first kappa shape index (κ1) is 18.4. The molecule has 0 saturated carbocycles. The minimum atomic E-state index is -0.741. The summed E-state index contributed by atoms with van der Waals surface area (Å²) in [5.74, 6) is -1.99. The van der Waals surface area contributed by atoms with Gasteiger partial charge in [0.2, 0.25) is 5.78 Å². The highest BCUT2D eigenvalue weighted by Gasteiger charge is 2.36. The second-order valence-corrected chi connectivity index (χ2v) is 6.53. The number of aromatic amines is 1. The van der Waals surface area contributed by atoms with Crippen LogP contribution in [0.3, 0.4) is 0 Å². The summed E-state index contributed by atoms with van der Waals surface area (Å²) in [6, 6.07) is 16.6. The van der Waals surface area contributed by atoms with Gasteiger partial charge in [-0.15, -0.1) is 0 Å². The van der Waals surface area contributed by atoms with Crippen molar-refractivity contribution in [2.75, 3.05) is 6.61 Å². The molecule has 1 aliphatic heterocycles. The zero-order valence-electron chi connectivity index (χ0n) is 15.3. The first-order valence-electron chi connectivity index (χ1n) is 8.92. The molecule has 0 spiro atoms. The number of nitrogens with zero attached hydrogens (tertiary/aromatic N) is 1. The molecular weight excluding hydrogens is 372 g/mol. The number of rotatable bonds is 6. The maximum Gasteiger partial charge on any atom is 0.338 e. The summed E-state index contributed by atoms with van der Waals surface area (Å²) in [7, 11) is 0. The van der Waals surface area contributed by atoms with Gasteiger partial charge >= 0.3 is 5.97 Å². The van der Waals surface area contributed by atoms with Crippen LogP contribution in [-0.4, -0.2) is 40.1 Å². The Labute approximate surface area is 165 Å². The fourth-order valence-electron chi connectivity index (χ4n) is 3.12. The first-order valence-corrected chi connectivity index (χ1v) is 8.92. The molecule has 144 valence electrons.